The molecular formula is C11H14N4O3S. The van der Waals surface area contributed by atoms with Gasteiger partial charge in [0.25, 0.3) is 10.0 Å². The molecule has 8 heteroatoms. The molecule has 0 saturated heterocycles. The van der Waals surface area contributed by atoms with Crippen molar-refractivity contribution in [1.29, 1.82) is 0 Å². The molecule has 0 radical (unpaired) electrons. The van der Waals surface area contributed by atoms with E-state index in [0.717, 1.165) is 5.69 Å². The van der Waals surface area contributed by atoms with Gasteiger partial charge in [-0.3, -0.25) is 0 Å². The minimum atomic E-state index is -3.52. The van der Waals surface area contributed by atoms with Gasteiger partial charge in [-0.2, -0.15) is 10.2 Å². The van der Waals surface area contributed by atoms with E-state index in [-0.39, 0.29) is 5.09 Å². The third-order valence-electron chi connectivity index (χ3n) is 2.40. The van der Waals surface area contributed by atoms with E-state index in [1.54, 1.807) is 18.3 Å². The first-order chi connectivity index (χ1) is 9.12. The van der Waals surface area contributed by atoms with Crippen molar-refractivity contribution in [3.05, 3.63) is 41.9 Å². The lowest BCUT2D eigenvalue weighted by Crippen LogP contribution is -2.18. The highest BCUT2D eigenvalue weighted by Crippen LogP contribution is 2.13. The number of sulfonamides is 1. The molecule has 7 nitrogen and oxygen atoms in total. The Kier molecular flexibility index (Phi) is 4.25. The fourth-order valence-electron chi connectivity index (χ4n) is 1.44. The van der Waals surface area contributed by atoms with Gasteiger partial charge in [0, 0.05) is 12.7 Å². The maximum atomic E-state index is 11.5. The van der Waals surface area contributed by atoms with Gasteiger partial charge in [0.2, 0.25) is 5.09 Å². The Morgan fingerprint density at radius 1 is 1.26 bits per heavy atom. The Hall–Kier alpha value is -1.77. The van der Waals surface area contributed by atoms with Gasteiger partial charge in [-0.1, -0.05) is 0 Å². The fraction of sp³-hybridized carbons (Fsp3) is 0.273. The molecule has 0 unspecified atom stereocenters. The summed E-state index contributed by atoms with van der Waals surface area (Å²) >= 11 is 0. The number of aromatic nitrogens is 2. The van der Waals surface area contributed by atoms with Crippen molar-refractivity contribution >= 4 is 10.0 Å². The fourth-order valence-corrected chi connectivity index (χ4v) is 2.10. The predicted octanol–water partition coefficient (Wildman–Crippen LogP) is 0.267. The normalized spacial score (nSPS) is 11.6. The zero-order chi connectivity index (χ0) is 13.7. The van der Waals surface area contributed by atoms with Gasteiger partial charge in [0.05, 0.1) is 12.2 Å². The summed E-state index contributed by atoms with van der Waals surface area (Å²) in [6, 6.07) is 6.69. The van der Waals surface area contributed by atoms with Crippen LogP contribution in [0.2, 0.25) is 0 Å². The molecule has 0 bridgehead atoms. The lowest BCUT2D eigenvalue weighted by Gasteiger charge is -2.01. The molecule has 0 saturated carbocycles. The summed E-state index contributed by atoms with van der Waals surface area (Å²) in [6.07, 6.45) is 1.60. The predicted molar refractivity (Wildman–Crippen MR) is 67.5 cm³/mol. The molecule has 2 heterocycles. The smallest absolute Gasteiger partial charge is 0.273 e. The summed E-state index contributed by atoms with van der Waals surface area (Å²) in [5.41, 5.74) is 0.803. The zero-order valence-electron chi connectivity index (χ0n) is 10.3. The molecule has 0 aliphatic heterocycles. The SMILES string of the molecule is CNS(=O)(=O)c1ccc(CNCc2cccnn2)o1. The van der Waals surface area contributed by atoms with Crippen LogP contribution in [-0.4, -0.2) is 25.7 Å². The molecule has 19 heavy (non-hydrogen) atoms. The minimum absolute atomic E-state index is 0.0914. The van der Waals surface area contributed by atoms with Crippen LogP contribution in [0.25, 0.3) is 0 Å². The maximum absolute atomic E-state index is 11.5. The van der Waals surface area contributed by atoms with Crippen molar-refractivity contribution in [2.24, 2.45) is 0 Å². The highest BCUT2D eigenvalue weighted by molar-refractivity contribution is 7.89. The lowest BCUT2D eigenvalue weighted by molar-refractivity contribution is 0.400. The Morgan fingerprint density at radius 2 is 2.11 bits per heavy atom. The van der Waals surface area contributed by atoms with Gasteiger partial charge >= 0.3 is 0 Å². The van der Waals surface area contributed by atoms with Gasteiger partial charge in [0.1, 0.15) is 5.76 Å². The third-order valence-corrected chi connectivity index (χ3v) is 3.69. The number of nitrogens with one attached hydrogen (secondary N) is 2. The van der Waals surface area contributed by atoms with Crippen LogP contribution in [0, 0.1) is 0 Å². The summed E-state index contributed by atoms with van der Waals surface area (Å²) in [6.45, 7) is 0.943. The average Bonchev–Trinajstić information content (AvgIpc) is 2.90. The van der Waals surface area contributed by atoms with Gasteiger partial charge in [-0.15, -0.1) is 0 Å². The number of furan rings is 1. The molecule has 2 rings (SSSR count). The van der Waals surface area contributed by atoms with Crippen LogP contribution in [0.5, 0.6) is 0 Å². The van der Waals surface area contributed by atoms with Crippen molar-refractivity contribution in [3.63, 3.8) is 0 Å². The van der Waals surface area contributed by atoms with E-state index in [1.165, 1.54) is 13.1 Å². The number of rotatable bonds is 6. The molecule has 2 N–H and O–H groups in total. The third kappa shape index (κ3) is 3.60. The standard InChI is InChI=1S/C11H14N4O3S/c1-12-19(16,17)11-5-4-10(18-11)8-13-7-9-3-2-6-14-15-9/h2-6,12-13H,7-8H2,1H3. The van der Waals surface area contributed by atoms with Crippen molar-refractivity contribution in [3.8, 4) is 0 Å². The zero-order valence-corrected chi connectivity index (χ0v) is 11.1. The van der Waals surface area contributed by atoms with E-state index in [0.29, 0.717) is 18.8 Å². The van der Waals surface area contributed by atoms with Crippen molar-refractivity contribution in [2.75, 3.05) is 7.05 Å². The number of hydrogen-bond donors (Lipinski definition) is 2. The Morgan fingerprint density at radius 3 is 2.79 bits per heavy atom. The van der Waals surface area contributed by atoms with Crippen LogP contribution in [0.1, 0.15) is 11.5 Å². The summed E-state index contributed by atoms with van der Waals surface area (Å²) in [7, 11) is -2.18. The average molecular weight is 282 g/mol. The molecule has 0 aliphatic carbocycles. The first kappa shape index (κ1) is 13.7. The lowest BCUT2D eigenvalue weighted by atomic mass is 10.4. The Labute approximate surface area is 111 Å². The second-order valence-electron chi connectivity index (χ2n) is 3.75. The highest BCUT2D eigenvalue weighted by Gasteiger charge is 2.15. The summed E-state index contributed by atoms with van der Waals surface area (Å²) in [4.78, 5) is 0. The largest absolute Gasteiger partial charge is 0.447 e. The van der Waals surface area contributed by atoms with E-state index >= 15 is 0 Å². The quantitative estimate of drug-likeness (QED) is 0.789. The summed E-state index contributed by atoms with van der Waals surface area (Å²) in [5, 5.41) is 10.7. The van der Waals surface area contributed by atoms with Crippen LogP contribution < -0.4 is 10.0 Å². The van der Waals surface area contributed by atoms with Crippen LogP contribution in [0.4, 0.5) is 0 Å². The van der Waals surface area contributed by atoms with E-state index < -0.39 is 10.0 Å². The first-order valence-corrected chi connectivity index (χ1v) is 7.10. The van der Waals surface area contributed by atoms with Crippen LogP contribution >= 0.6 is 0 Å². The molecule has 0 aliphatic rings. The maximum Gasteiger partial charge on any atom is 0.273 e. The van der Waals surface area contributed by atoms with E-state index in [4.69, 9.17) is 4.42 Å². The highest BCUT2D eigenvalue weighted by atomic mass is 32.2. The molecule has 2 aromatic rings. The van der Waals surface area contributed by atoms with Crippen molar-refractivity contribution < 1.29 is 12.8 Å². The van der Waals surface area contributed by atoms with Crippen LogP contribution in [0.3, 0.4) is 0 Å². The Bertz CT molecular complexity index is 624. The Balaban J connectivity index is 1.91. The molecule has 0 spiro atoms. The van der Waals surface area contributed by atoms with Gasteiger partial charge in [-0.05, 0) is 31.3 Å². The minimum Gasteiger partial charge on any atom is -0.447 e. The van der Waals surface area contributed by atoms with Crippen molar-refractivity contribution in [2.45, 2.75) is 18.2 Å². The monoisotopic (exact) mass is 282 g/mol. The van der Waals surface area contributed by atoms with E-state index in [9.17, 15) is 8.42 Å². The number of hydrogen-bond acceptors (Lipinski definition) is 6. The topological polar surface area (TPSA) is 97.1 Å². The molecule has 0 atom stereocenters. The molecule has 0 fully saturated rings. The van der Waals surface area contributed by atoms with Crippen LogP contribution in [0.15, 0.2) is 40.0 Å². The van der Waals surface area contributed by atoms with E-state index in [2.05, 4.69) is 20.2 Å². The van der Waals surface area contributed by atoms with E-state index in [1.807, 2.05) is 6.07 Å². The molecular weight excluding hydrogens is 268 g/mol. The molecule has 0 aromatic carbocycles. The van der Waals surface area contributed by atoms with Crippen LogP contribution in [-0.2, 0) is 23.1 Å². The molecule has 102 valence electrons. The second-order valence-corrected chi connectivity index (χ2v) is 5.56. The summed E-state index contributed by atoms with van der Waals surface area (Å²) < 4.78 is 30.4. The molecule has 0 amide bonds. The number of nitrogens with zero attached hydrogens (tertiary/aromatic N) is 2. The van der Waals surface area contributed by atoms with Gasteiger partial charge < -0.3 is 9.73 Å². The molecule has 2 aromatic heterocycles. The van der Waals surface area contributed by atoms with Gasteiger partial charge in [-0.25, -0.2) is 13.1 Å². The van der Waals surface area contributed by atoms with Gasteiger partial charge in [0.15, 0.2) is 0 Å². The second kappa shape index (κ2) is 5.91. The summed E-state index contributed by atoms with van der Waals surface area (Å²) in [5.74, 6) is 0.540. The first-order valence-electron chi connectivity index (χ1n) is 5.61. The van der Waals surface area contributed by atoms with Crippen molar-refractivity contribution in [1.82, 2.24) is 20.2 Å².